The number of aryl methyl sites for hydroxylation is 1. The molecule has 2 aromatic carbocycles. The molecule has 0 spiro atoms. The maximum absolute atomic E-state index is 12.8. The molecule has 1 heterocycles. The Kier molecular flexibility index (Phi) is 7.72. The second-order valence-electron chi connectivity index (χ2n) is 6.55. The van der Waals surface area contributed by atoms with Crippen molar-refractivity contribution in [2.45, 2.75) is 19.9 Å². The lowest BCUT2D eigenvalue weighted by molar-refractivity contribution is -0.131. The molecule has 3 aromatic rings. The van der Waals surface area contributed by atoms with E-state index in [-0.39, 0.29) is 30.4 Å². The van der Waals surface area contributed by atoms with Crippen LogP contribution >= 0.6 is 12.4 Å². The summed E-state index contributed by atoms with van der Waals surface area (Å²) >= 11 is 0. The molecule has 0 aliphatic rings. The van der Waals surface area contributed by atoms with Gasteiger partial charge in [0.1, 0.15) is 6.54 Å². The first-order valence-corrected chi connectivity index (χ1v) is 9.06. The molecule has 148 valence electrons. The summed E-state index contributed by atoms with van der Waals surface area (Å²) in [6, 6.07) is 15.5. The molecule has 0 saturated heterocycles. The van der Waals surface area contributed by atoms with E-state index in [2.05, 4.69) is 4.98 Å². The smallest absolute Gasteiger partial charge is 0.261 e. The van der Waals surface area contributed by atoms with Crippen molar-refractivity contribution in [1.82, 2.24) is 14.5 Å². The number of carbonyl (C=O) groups is 1. The lowest BCUT2D eigenvalue weighted by Crippen LogP contribution is -2.40. The highest BCUT2D eigenvalue weighted by molar-refractivity contribution is 5.85. The Labute approximate surface area is 170 Å². The van der Waals surface area contributed by atoms with Crippen molar-refractivity contribution >= 4 is 29.2 Å². The molecule has 0 radical (unpaired) electrons. The largest absolute Gasteiger partial charge is 0.340 e. The third-order valence-corrected chi connectivity index (χ3v) is 4.63. The quantitative estimate of drug-likeness (QED) is 0.659. The van der Waals surface area contributed by atoms with Crippen LogP contribution in [0.5, 0.6) is 0 Å². The molecule has 0 aliphatic heterocycles. The van der Waals surface area contributed by atoms with Gasteiger partial charge in [0.15, 0.2) is 0 Å². The van der Waals surface area contributed by atoms with Crippen LogP contribution in [-0.4, -0.2) is 40.0 Å². The van der Waals surface area contributed by atoms with Crippen LogP contribution in [-0.2, 0) is 17.8 Å². The molecule has 28 heavy (non-hydrogen) atoms. The van der Waals surface area contributed by atoms with Gasteiger partial charge in [-0.25, -0.2) is 4.98 Å². The second-order valence-corrected chi connectivity index (χ2v) is 6.55. The van der Waals surface area contributed by atoms with E-state index in [0.717, 1.165) is 17.5 Å². The van der Waals surface area contributed by atoms with Crippen molar-refractivity contribution in [2.24, 2.45) is 5.73 Å². The van der Waals surface area contributed by atoms with E-state index in [0.29, 0.717) is 30.5 Å². The first kappa shape index (κ1) is 21.6. The van der Waals surface area contributed by atoms with Crippen LogP contribution in [0.3, 0.4) is 0 Å². The number of carbonyl (C=O) groups excluding carboxylic acids is 1. The fourth-order valence-electron chi connectivity index (χ4n) is 3.12. The van der Waals surface area contributed by atoms with Gasteiger partial charge in [0.05, 0.1) is 17.2 Å². The molecule has 1 aromatic heterocycles. The second kappa shape index (κ2) is 10.0. The molecular weight excluding hydrogens is 376 g/mol. The van der Waals surface area contributed by atoms with Gasteiger partial charge < -0.3 is 10.6 Å². The molecule has 3 rings (SSSR count). The summed E-state index contributed by atoms with van der Waals surface area (Å²) in [4.78, 5) is 31.5. The molecule has 0 aliphatic carbocycles. The molecule has 0 bridgehead atoms. The van der Waals surface area contributed by atoms with Gasteiger partial charge in [0.2, 0.25) is 5.91 Å². The average Bonchev–Trinajstić information content (AvgIpc) is 2.68. The Hall–Kier alpha value is -2.70. The molecule has 7 heteroatoms. The highest BCUT2D eigenvalue weighted by Crippen LogP contribution is 2.11. The van der Waals surface area contributed by atoms with Gasteiger partial charge in [-0.1, -0.05) is 42.5 Å². The summed E-state index contributed by atoms with van der Waals surface area (Å²) in [5.74, 6) is -0.132. The minimum absolute atomic E-state index is 0. The monoisotopic (exact) mass is 400 g/mol. The zero-order valence-corrected chi connectivity index (χ0v) is 16.7. The van der Waals surface area contributed by atoms with Crippen LogP contribution < -0.4 is 11.3 Å². The Balaban J connectivity index is 0.00000280. The number of nitrogens with two attached hydrogens (primary N) is 1. The number of nitrogens with zero attached hydrogens (tertiary/aromatic N) is 3. The van der Waals surface area contributed by atoms with Gasteiger partial charge in [-0.15, -0.1) is 12.4 Å². The summed E-state index contributed by atoms with van der Waals surface area (Å²) in [6.45, 7) is 3.28. The zero-order chi connectivity index (χ0) is 19.2. The predicted molar refractivity (Wildman–Crippen MR) is 114 cm³/mol. The summed E-state index contributed by atoms with van der Waals surface area (Å²) in [7, 11) is 0. The number of hydrogen-bond donors (Lipinski definition) is 1. The molecule has 0 fully saturated rings. The van der Waals surface area contributed by atoms with E-state index < -0.39 is 0 Å². The Bertz CT molecular complexity index is 989. The maximum Gasteiger partial charge on any atom is 0.261 e. The van der Waals surface area contributed by atoms with E-state index in [1.54, 1.807) is 11.0 Å². The van der Waals surface area contributed by atoms with Crippen molar-refractivity contribution in [3.05, 3.63) is 76.3 Å². The van der Waals surface area contributed by atoms with Crippen LogP contribution in [0, 0.1) is 6.92 Å². The van der Waals surface area contributed by atoms with Crippen molar-refractivity contribution in [3.63, 3.8) is 0 Å². The van der Waals surface area contributed by atoms with Crippen LogP contribution in [0.25, 0.3) is 10.9 Å². The summed E-state index contributed by atoms with van der Waals surface area (Å²) in [5.41, 5.74) is 8.25. The third-order valence-electron chi connectivity index (χ3n) is 4.63. The summed E-state index contributed by atoms with van der Waals surface area (Å²) in [5, 5.41) is 0.528. The molecule has 0 atom stereocenters. The predicted octanol–water partition coefficient (Wildman–Crippen LogP) is 2.16. The highest BCUT2D eigenvalue weighted by Gasteiger charge is 2.15. The minimum Gasteiger partial charge on any atom is -0.340 e. The number of para-hydroxylation sites is 1. The number of rotatable bonds is 7. The van der Waals surface area contributed by atoms with Crippen molar-refractivity contribution in [1.29, 1.82) is 0 Å². The van der Waals surface area contributed by atoms with Gasteiger partial charge in [-0.05, 0) is 30.5 Å². The third kappa shape index (κ3) is 4.97. The summed E-state index contributed by atoms with van der Waals surface area (Å²) < 4.78 is 1.37. The molecular formula is C21H25ClN4O2. The fraction of sp³-hybridized carbons (Fsp3) is 0.286. The van der Waals surface area contributed by atoms with Crippen molar-refractivity contribution < 1.29 is 4.79 Å². The fourth-order valence-corrected chi connectivity index (χ4v) is 3.12. The Morgan fingerprint density at radius 3 is 2.57 bits per heavy atom. The van der Waals surface area contributed by atoms with Crippen molar-refractivity contribution in [2.75, 3.05) is 19.6 Å². The Morgan fingerprint density at radius 2 is 1.86 bits per heavy atom. The van der Waals surface area contributed by atoms with E-state index in [9.17, 15) is 9.59 Å². The lowest BCUT2D eigenvalue weighted by Gasteiger charge is -2.22. The minimum atomic E-state index is -0.201. The number of halogens is 1. The topological polar surface area (TPSA) is 81.2 Å². The van der Waals surface area contributed by atoms with Crippen LogP contribution in [0.2, 0.25) is 0 Å². The van der Waals surface area contributed by atoms with Gasteiger partial charge in [0, 0.05) is 19.6 Å². The zero-order valence-electron chi connectivity index (χ0n) is 15.9. The molecule has 0 unspecified atom stereocenters. The lowest BCUT2D eigenvalue weighted by atomic mass is 10.1. The van der Waals surface area contributed by atoms with E-state index in [4.69, 9.17) is 5.73 Å². The number of fused-ring (bicyclic) bond motifs is 1. The van der Waals surface area contributed by atoms with Gasteiger partial charge in [0.25, 0.3) is 5.56 Å². The van der Waals surface area contributed by atoms with E-state index in [1.807, 2.05) is 49.4 Å². The number of aromatic nitrogens is 2. The number of hydrogen-bond acceptors (Lipinski definition) is 4. The Morgan fingerprint density at radius 1 is 1.11 bits per heavy atom. The van der Waals surface area contributed by atoms with Crippen LogP contribution in [0.4, 0.5) is 0 Å². The number of amides is 1. The first-order valence-electron chi connectivity index (χ1n) is 9.06. The highest BCUT2D eigenvalue weighted by atomic mass is 35.5. The van der Waals surface area contributed by atoms with Crippen LogP contribution in [0.15, 0.2) is 59.7 Å². The molecule has 6 nitrogen and oxygen atoms in total. The standard InChI is InChI=1S/C21H24N4O2.ClH/c1-16-6-5-9-18-20(16)23-15-25(21(18)27)14-19(26)24(13-11-22)12-10-17-7-3-2-4-8-17;/h2-9,15H,10-14,22H2,1H3;1H. The van der Waals surface area contributed by atoms with Crippen LogP contribution in [0.1, 0.15) is 11.1 Å². The number of benzene rings is 2. The van der Waals surface area contributed by atoms with Gasteiger partial charge in [-0.2, -0.15) is 0 Å². The van der Waals surface area contributed by atoms with Gasteiger partial charge in [-0.3, -0.25) is 14.2 Å². The SMILES string of the molecule is Cc1cccc2c(=O)n(CC(=O)N(CCN)CCc3ccccc3)cnc12.Cl. The van der Waals surface area contributed by atoms with E-state index in [1.165, 1.54) is 10.9 Å². The van der Waals surface area contributed by atoms with Crippen molar-refractivity contribution in [3.8, 4) is 0 Å². The molecule has 1 amide bonds. The molecule has 0 saturated carbocycles. The average molecular weight is 401 g/mol. The van der Waals surface area contributed by atoms with E-state index >= 15 is 0 Å². The maximum atomic E-state index is 12.8. The summed E-state index contributed by atoms with van der Waals surface area (Å²) in [6.07, 6.45) is 2.20. The molecule has 2 N–H and O–H groups in total. The first-order chi connectivity index (χ1) is 13.1. The normalized spacial score (nSPS) is 10.5. The van der Waals surface area contributed by atoms with Gasteiger partial charge >= 0.3 is 0 Å².